The molecule has 0 aliphatic rings. The maximum absolute atomic E-state index is 12.6. The van der Waals surface area contributed by atoms with Crippen LogP contribution >= 0.6 is 0 Å². The third-order valence-corrected chi connectivity index (χ3v) is 4.55. The Morgan fingerprint density at radius 1 is 1.14 bits per heavy atom. The molecule has 0 saturated carbocycles. The number of aromatic nitrogens is 2. The van der Waals surface area contributed by atoms with E-state index in [2.05, 4.69) is 15.6 Å². The molecule has 2 N–H and O–H groups in total. The number of hydrogen-bond acceptors (Lipinski definition) is 5. The second-order valence-electron chi connectivity index (χ2n) is 6.77. The van der Waals surface area contributed by atoms with E-state index < -0.39 is 17.5 Å². The van der Waals surface area contributed by atoms with Crippen LogP contribution in [0, 0.1) is 13.8 Å². The zero-order valence-corrected chi connectivity index (χ0v) is 15.9. The highest BCUT2D eigenvalue weighted by molar-refractivity contribution is 6.02. The van der Waals surface area contributed by atoms with Gasteiger partial charge in [0.15, 0.2) is 0 Å². The van der Waals surface area contributed by atoms with Gasteiger partial charge in [-0.3, -0.25) is 19.5 Å². The van der Waals surface area contributed by atoms with E-state index in [1.165, 1.54) is 6.33 Å². The number of benzene rings is 2. The quantitative estimate of drug-likeness (QED) is 0.559. The van der Waals surface area contributed by atoms with Crippen molar-refractivity contribution in [1.82, 2.24) is 14.9 Å². The molecule has 0 spiro atoms. The molecule has 0 aliphatic heterocycles. The molecule has 3 amide bonds. The van der Waals surface area contributed by atoms with Crippen molar-refractivity contribution in [3.8, 4) is 0 Å². The summed E-state index contributed by atoms with van der Waals surface area (Å²) >= 11 is 0. The SMILES string of the molecule is Cc1ccc(NC(=O)NC(=O)Cn2cnc3c(oc4ccccc43)c2=O)c(C)c1. The first-order chi connectivity index (χ1) is 13.9. The normalized spacial score (nSPS) is 11.0. The van der Waals surface area contributed by atoms with Crippen LogP contribution in [0.5, 0.6) is 0 Å². The highest BCUT2D eigenvalue weighted by Gasteiger charge is 2.16. The maximum atomic E-state index is 12.6. The van der Waals surface area contributed by atoms with Gasteiger partial charge in [0.2, 0.25) is 11.5 Å². The number of nitrogens with zero attached hydrogens (tertiary/aromatic N) is 2. The van der Waals surface area contributed by atoms with Crippen molar-refractivity contribution in [3.05, 3.63) is 70.3 Å². The second-order valence-corrected chi connectivity index (χ2v) is 6.77. The van der Waals surface area contributed by atoms with Crippen LogP contribution in [0.25, 0.3) is 22.1 Å². The summed E-state index contributed by atoms with van der Waals surface area (Å²) in [6.45, 7) is 3.45. The Labute approximate surface area is 165 Å². The molecule has 29 heavy (non-hydrogen) atoms. The Hall–Kier alpha value is -3.94. The molecule has 0 atom stereocenters. The topological polar surface area (TPSA) is 106 Å². The molecule has 0 bridgehead atoms. The Kier molecular flexibility index (Phi) is 4.59. The number of anilines is 1. The van der Waals surface area contributed by atoms with Gasteiger partial charge >= 0.3 is 6.03 Å². The van der Waals surface area contributed by atoms with Crippen molar-refractivity contribution in [2.45, 2.75) is 20.4 Å². The number of urea groups is 1. The first-order valence-corrected chi connectivity index (χ1v) is 8.97. The lowest BCUT2D eigenvalue weighted by Crippen LogP contribution is -2.38. The molecule has 0 radical (unpaired) electrons. The Balaban J connectivity index is 1.50. The zero-order valence-electron chi connectivity index (χ0n) is 15.9. The molecule has 0 unspecified atom stereocenters. The molecule has 2 aromatic heterocycles. The average molecular weight is 390 g/mol. The van der Waals surface area contributed by atoms with Crippen molar-refractivity contribution in [2.75, 3.05) is 5.32 Å². The van der Waals surface area contributed by atoms with Crippen LogP contribution in [0.4, 0.5) is 10.5 Å². The largest absolute Gasteiger partial charge is 0.448 e. The number of fused-ring (bicyclic) bond motifs is 3. The molecule has 4 rings (SSSR count). The number of imide groups is 1. The fourth-order valence-corrected chi connectivity index (χ4v) is 3.16. The second kappa shape index (κ2) is 7.23. The number of nitrogens with one attached hydrogen (secondary N) is 2. The zero-order chi connectivity index (χ0) is 20.5. The van der Waals surface area contributed by atoms with Gasteiger partial charge in [0.05, 0.1) is 6.33 Å². The molecule has 146 valence electrons. The summed E-state index contributed by atoms with van der Waals surface area (Å²) in [4.78, 5) is 41.2. The van der Waals surface area contributed by atoms with Crippen molar-refractivity contribution >= 4 is 39.7 Å². The number of carbonyl (C=O) groups is 2. The standard InChI is InChI=1S/C21H18N4O4/c1-12-7-8-15(13(2)9-12)23-21(28)24-17(26)10-25-11-22-18-14-5-3-4-6-16(14)29-19(18)20(25)27/h3-9,11H,10H2,1-2H3,(H2,23,24,26,28). The molecule has 8 nitrogen and oxygen atoms in total. The lowest BCUT2D eigenvalue weighted by atomic mass is 10.1. The van der Waals surface area contributed by atoms with Crippen LogP contribution in [0.1, 0.15) is 11.1 Å². The van der Waals surface area contributed by atoms with E-state index in [0.29, 0.717) is 16.8 Å². The van der Waals surface area contributed by atoms with Gasteiger partial charge in [-0.1, -0.05) is 29.8 Å². The van der Waals surface area contributed by atoms with Crippen molar-refractivity contribution in [2.24, 2.45) is 0 Å². The molecule has 4 aromatic rings. The van der Waals surface area contributed by atoms with Crippen molar-refractivity contribution in [3.63, 3.8) is 0 Å². The van der Waals surface area contributed by atoms with E-state index in [0.717, 1.165) is 21.1 Å². The molecule has 0 fully saturated rings. The monoisotopic (exact) mass is 390 g/mol. The molecule has 2 aromatic carbocycles. The summed E-state index contributed by atoms with van der Waals surface area (Å²) in [7, 11) is 0. The van der Waals surface area contributed by atoms with Crippen LogP contribution in [-0.2, 0) is 11.3 Å². The third-order valence-electron chi connectivity index (χ3n) is 4.55. The summed E-state index contributed by atoms with van der Waals surface area (Å²) in [6, 6.07) is 12.0. The minimum Gasteiger partial charge on any atom is -0.448 e. The predicted octanol–water partition coefficient (Wildman–Crippen LogP) is 3.11. The first-order valence-electron chi connectivity index (χ1n) is 8.97. The van der Waals surface area contributed by atoms with Gasteiger partial charge in [0.1, 0.15) is 17.6 Å². The summed E-state index contributed by atoms with van der Waals surface area (Å²) in [6.07, 6.45) is 1.27. The molecule has 8 heteroatoms. The highest BCUT2D eigenvalue weighted by atomic mass is 16.3. The van der Waals surface area contributed by atoms with Gasteiger partial charge < -0.3 is 9.73 Å². The number of carbonyl (C=O) groups excluding carboxylic acids is 2. The highest BCUT2D eigenvalue weighted by Crippen LogP contribution is 2.24. The van der Waals surface area contributed by atoms with E-state index in [1.54, 1.807) is 18.2 Å². The Morgan fingerprint density at radius 2 is 1.93 bits per heavy atom. The summed E-state index contributed by atoms with van der Waals surface area (Å²) < 4.78 is 6.68. The lowest BCUT2D eigenvalue weighted by molar-refractivity contribution is -0.120. The number of aryl methyl sites for hydroxylation is 2. The minimum atomic E-state index is -0.673. The van der Waals surface area contributed by atoms with Gasteiger partial charge in [0, 0.05) is 11.1 Å². The van der Waals surface area contributed by atoms with Gasteiger partial charge in [0.25, 0.3) is 5.56 Å². The van der Waals surface area contributed by atoms with Crippen LogP contribution in [0.2, 0.25) is 0 Å². The van der Waals surface area contributed by atoms with Gasteiger partial charge in [-0.2, -0.15) is 0 Å². The van der Waals surface area contributed by atoms with Gasteiger partial charge in [-0.05, 0) is 37.6 Å². The van der Waals surface area contributed by atoms with E-state index in [9.17, 15) is 14.4 Å². The van der Waals surface area contributed by atoms with Crippen LogP contribution in [-0.4, -0.2) is 21.5 Å². The maximum Gasteiger partial charge on any atom is 0.325 e. The van der Waals surface area contributed by atoms with Crippen molar-refractivity contribution in [1.29, 1.82) is 0 Å². The Morgan fingerprint density at radius 3 is 2.72 bits per heavy atom. The molecular formula is C21H18N4O4. The summed E-state index contributed by atoms with van der Waals surface area (Å²) in [5, 5.41) is 5.56. The fraction of sp³-hybridized carbons (Fsp3) is 0.143. The van der Waals surface area contributed by atoms with Gasteiger partial charge in [-0.15, -0.1) is 0 Å². The van der Waals surface area contributed by atoms with Crippen LogP contribution in [0.15, 0.2) is 58.0 Å². The van der Waals surface area contributed by atoms with Crippen LogP contribution < -0.4 is 16.2 Å². The first kappa shape index (κ1) is 18.4. The van der Waals surface area contributed by atoms with E-state index in [1.807, 2.05) is 38.1 Å². The summed E-state index contributed by atoms with van der Waals surface area (Å²) in [5.41, 5.74) is 3.11. The Bertz CT molecular complexity index is 1320. The molecular weight excluding hydrogens is 372 g/mol. The summed E-state index contributed by atoms with van der Waals surface area (Å²) in [5.74, 6) is -0.647. The number of furan rings is 1. The molecule has 2 heterocycles. The number of amides is 3. The number of rotatable bonds is 3. The lowest BCUT2D eigenvalue weighted by Gasteiger charge is -2.10. The van der Waals surface area contributed by atoms with Gasteiger partial charge in [-0.25, -0.2) is 9.78 Å². The smallest absolute Gasteiger partial charge is 0.325 e. The predicted molar refractivity (Wildman–Crippen MR) is 109 cm³/mol. The van der Waals surface area contributed by atoms with Crippen molar-refractivity contribution < 1.29 is 14.0 Å². The van der Waals surface area contributed by atoms with Crippen LogP contribution in [0.3, 0.4) is 0 Å². The third kappa shape index (κ3) is 3.60. The van der Waals surface area contributed by atoms with E-state index in [-0.39, 0.29) is 12.1 Å². The molecule has 0 aliphatic carbocycles. The number of para-hydroxylation sites is 1. The minimum absolute atomic E-state index is 0.0706. The fourth-order valence-electron chi connectivity index (χ4n) is 3.16. The van der Waals surface area contributed by atoms with E-state index in [4.69, 9.17) is 4.42 Å². The average Bonchev–Trinajstić information content (AvgIpc) is 3.06. The molecule has 0 saturated heterocycles. The number of hydrogen-bond donors (Lipinski definition) is 2. The van der Waals surface area contributed by atoms with E-state index >= 15 is 0 Å².